The minimum atomic E-state index is 0.0924. The van der Waals surface area contributed by atoms with E-state index < -0.39 is 0 Å². The molecule has 90 valence electrons. The van der Waals surface area contributed by atoms with E-state index in [9.17, 15) is 0 Å². The van der Waals surface area contributed by atoms with Gasteiger partial charge in [0.2, 0.25) is 0 Å². The van der Waals surface area contributed by atoms with Crippen LogP contribution in [0.2, 0.25) is 0 Å². The maximum atomic E-state index is 5.98. The quantitative estimate of drug-likeness (QED) is 0.781. The van der Waals surface area contributed by atoms with E-state index in [0.29, 0.717) is 0 Å². The van der Waals surface area contributed by atoms with E-state index in [2.05, 4.69) is 49.0 Å². The molecule has 0 spiro atoms. The Labute approximate surface area is 102 Å². The van der Waals surface area contributed by atoms with Crippen LogP contribution in [0.4, 0.5) is 0 Å². The van der Waals surface area contributed by atoms with Crippen molar-refractivity contribution < 1.29 is 4.42 Å². The number of rotatable bonds is 2. The Kier molecular flexibility index (Phi) is 2.18. The molecule has 0 N–H and O–H groups in total. The summed E-state index contributed by atoms with van der Waals surface area (Å²) >= 11 is 0. The lowest BCUT2D eigenvalue weighted by Gasteiger charge is -2.18. The third kappa shape index (κ3) is 1.53. The van der Waals surface area contributed by atoms with Crippen molar-refractivity contribution in [2.45, 2.75) is 32.6 Å². The maximum Gasteiger partial charge on any atom is 0.139 e. The third-order valence-corrected chi connectivity index (χ3v) is 3.83. The monoisotopic (exact) mass is 230 g/mol. The second-order valence-electron chi connectivity index (χ2n) is 5.34. The number of fused-ring (bicyclic) bond motifs is 3. The van der Waals surface area contributed by atoms with Crippen LogP contribution in [-0.2, 0) is 5.41 Å². The van der Waals surface area contributed by atoms with Gasteiger partial charge < -0.3 is 9.32 Å². The van der Waals surface area contributed by atoms with Gasteiger partial charge in [-0.3, -0.25) is 4.99 Å². The van der Waals surface area contributed by atoms with Crippen LogP contribution in [0.5, 0.6) is 0 Å². The molecular weight excluding hydrogens is 212 g/mol. The lowest BCUT2D eigenvalue weighted by Crippen LogP contribution is -2.24. The SMILES string of the molecule is CCC(C)(C)c1cc2c(o1)C=CN1CCN=C21. The predicted octanol–water partition coefficient (Wildman–Crippen LogP) is 3.01. The van der Waals surface area contributed by atoms with Gasteiger partial charge in [0.05, 0.1) is 12.1 Å². The fraction of sp³-hybridized carbons (Fsp3) is 0.500. The maximum absolute atomic E-state index is 5.98. The molecule has 0 fully saturated rings. The van der Waals surface area contributed by atoms with Crippen LogP contribution in [0.25, 0.3) is 6.08 Å². The lowest BCUT2D eigenvalue weighted by atomic mass is 9.87. The van der Waals surface area contributed by atoms with Gasteiger partial charge in [0.15, 0.2) is 0 Å². The summed E-state index contributed by atoms with van der Waals surface area (Å²) in [5.74, 6) is 3.09. The molecule has 0 saturated heterocycles. The zero-order valence-corrected chi connectivity index (χ0v) is 10.7. The Balaban J connectivity index is 2.07. The van der Waals surface area contributed by atoms with Gasteiger partial charge in [-0.2, -0.15) is 0 Å². The average molecular weight is 230 g/mol. The fourth-order valence-electron chi connectivity index (χ4n) is 2.21. The molecule has 1 aromatic rings. The number of furan rings is 1. The second kappa shape index (κ2) is 3.49. The van der Waals surface area contributed by atoms with Gasteiger partial charge in [-0.05, 0) is 18.6 Å². The molecule has 0 amide bonds. The molecule has 0 aliphatic carbocycles. The highest BCUT2D eigenvalue weighted by Gasteiger charge is 2.30. The topological polar surface area (TPSA) is 28.7 Å². The molecule has 0 radical (unpaired) electrons. The van der Waals surface area contributed by atoms with E-state index in [1.165, 1.54) is 0 Å². The van der Waals surface area contributed by atoms with Crippen molar-refractivity contribution in [3.8, 4) is 0 Å². The smallest absolute Gasteiger partial charge is 0.139 e. The van der Waals surface area contributed by atoms with Crippen molar-refractivity contribution in [2.75, 3.05) is 13.1 Å². The summed E-state index contributed by atoms with van der Waals surface area (Å²) < 4.78 is 5.98. The van der Waals surface area contributed by atoms with Crippen LogP contribution in [-0.4, -0.2) is 23.8 Å². The van der Waals surface area contributed by atoms with Crippen molar-refractivity contribution in [3.63, 3.8) is 0 Å². The molecule has 2 aliphatic rings. The first kappa shape index (κ1) is 10.6. The van der Waals surface area contributed by atoms with Crippen molar-refractivity contribution in [1.29, 1.82) is 0 Å². The molecule has 3 heterocycles. The van der Waals surface area contributed by atoms with Gasteiger partial charge >= 0.3 is 0 Å². The summed E-state index contributed by atoms with van der Waals surface area (Å²) in [7, 11) is 0. The molecule has 2 aliphatic heterocycles. The highest BCUT2D eigenvalue weighted by Crippen LogP contribution is 2.33. The Morgan fingerprint density at radius 2 is 2.29 bits per heavy atom. The highest BCUT2D eigenvalue weighted by molar-refractivity contribution is 6.04. The van der Waals surface area contributed by atoms with E-state index in [1.54, 1.807) is 0 Å². The minimum Gasteiger partial charge on any atom is -0.460 e. The minimum absolute atomic E-state index is 0.0924. The first-order chi connectivity index (χ1) is 8.12. The molecule has 0 atom stereocenters. The van der Waals surface area contributed by atoms with E-state index in [0.717, 1.165) is 42.4 Å². The Morgan fingerprint density at radius 3 is 3.06 bits per heavy atom. The van der Waals surface area contributed by atoms with Crippen LogP contribution in [0, 0.1) is 0 Å². The largest absolute Gasteiger partial charge is 0.460 e. The normalized spacial score (nSPS) is 18.1. The summed E-state index contributed by atoms with van der Waals surface area (Å²) in [6.45, 7) is 8.50. The van der Waals surface area contributed by atoms with Crippen molar-refractivity contribution in [2.24, 2.45) is 4.99 Å². The van der Waals surface area contributed by atoms with E-state index in [4.69, 9.17) is 4.42 Å². The number of hydrogen-bond donors (Lipinski definition) is 0. The molecule has 0 aromatic carbocycles. The van der Waals surface area contributed by atoms with Gasteiger partial charge in [0.25, 0.3) is 0 Å². The van der Waals surface area contributed by atoms with Crippen LogP contribution in [0.1, 0.15) is 44.3 Å². The first-order valence-electron chi connectivity index (χ1n) is 6.26. The lowest BCUT2D eigenvalue weighted by molar-refractivity contribution is 0.371. The molecule has 0 bridgehead atoms. The van der Waals surface area contributed by atoms with Gasteiger partial charge in [0, 0.05) is 18.2 Å². The Bertz CT molecular complexity index is 508. The van der Waals surface area contributed by atoms with Crippen LogP contribution >= 0.6 is 0 Å². The number of hydrogen-bond acceptors (Lipinski definition) is 3. The number of amidine groups is 1. The van der Waals surface area contributed by atoms with Gasteiger partial charge in [-0.15, -0.1) is 0 Å². The fourth-order valence-corrected chi connectivity index (χ4v) is 2.21. The molecular formula is C14H18N2O. The Morgan fingerprint density at radius 1 is 1.47 bits per heavy atom. The molecule has 17 heavy (non-hydrogen) atoms. The van der Waals surface area contributed by atoms with Gasteiger partial charge in [-0.1, -0.05) is 20.8 Å². The van der Waals surface area contributed by atoms with Crippen molar-refractivity contribution in [3.05, 3.63) is 29.4 Å². The molecule has 1 aromatic heterocycles. The summed E-state index contributed by atoms with van der Waals surface area (Å²) in [6.07, 6.45) is 5.19. The molecule has 0 unspecified atom stereocenters. The van der Waals surface area contributed by atoms with E-state index >= 15 is 0 Å². The standard InChI is InChI=1S/C14H18N2O/c1-4-14(2,3)12-9-10-11(17-12)5-7-16-8-6-15-13(10)16/h5,7,9H,4,6,8H2,1-3H3. The zero-order valence-electron chi connectivity index (χ0n) is 10.7. The zero-order chi connectivity index (χ0) is 12.0. The van der Waals surface area contributed by atoms with Crippen molar-refractivity contribution >= 4 is 11.9 Å². The Hall–Kier alpha value is -1.51. The van der Waals surface area contributed by atoms with Gasteiger partial charge in [-0.25, -0.2) is 0 Å². The number of nitrogens with zero attached hydrogens (tertiary/aromatic N) is 2. The van der Waals surface area contributed by atoms with Crippen molar-refractivity contribution in [1.82, 2.24) is 4.90 Å². The van der Waals surface area contributed by atoms with E-state index in [1.807, 2.05) is 0 Å². The van der Waals surface area contributed by atoms with Gasteiger partial charge in [0.1, 0.15) is 17.4 Å². The summed E-state index contributed by atoms with van der Waals surface area (Å²) in [4.78, 5) is 6.75. The summed E-state index contributed by atoms with van der Waals surface area (Å²) in [5, 5.41) is 0. The molecule has 3 rings (SSSR count). The number of aliphatic imine (C=N–C) groups is 1. The first-order valence-corrected chi connectivity index (χ1v) is 6.26. The molecule has 0 saturated carbocycles. The van der Waals surface area contributed by atoms with Crippen LogP contribution in [0.15, 0.2) is 21.7 Å². The predicted molar refractivity (Wildman–Crippen MR) is 69.2 cm³/mol. The molecule has 3 heteroatoms. The average Bonchev–Trinajstić information content (AvgIpc) is 2.94. The van der Waals surface area contributed by atoms with E-state index in [-0.39, 0.29) is 5.41 Å². The summed E-state index contributed by atoms with van der Waals surface area (Å²) in [6, 6.07) is 2.17. The third-order valence-electron chi connectivity index (χ3n) is 3.83. The second-order valence-corrected chi connectivity index (χ2v) is 5.34. The molecule has 3 nitrogen and oxygen atoms in total. The van der Waals surface area contributed by atoms with Crippen LogP contribution in [0.3, 0.4) is 0 Å². The van der Waals surface area contributed by atoms with Crippen LogP contribution < -0.4 is 0 Å². The highest BCUT2D eigenvalue weighted by atomic mass is 16.3. The summed E-state index contributed by atoms with van der Waals surface area (Å²) in [5.41, 5.74) is 1.25.